The van der Waals surface area contributed by atoms with Gasteiger partial charge < -0.3 is 5.11 Å². The number of aliphatic hydroxyl groups is 1. The molecule has 0 aliphatic rings. The van der Waals surface area contributed by atoms with E-state index in [0.717, 1.165) is 16.7 Å². The van der Waals surface area contributed by atoms with Gasteiger partial charge in [0.15, 0.2) is 0 Å². The molecule has 0 saturated heterocycles. The van der Waals surface area contributed by atoms with E-state index in [2.05, 4.69) is 0 Å². The van der Waals surface area contributed by atoms with Crippen LogP contribution in [0.15, 0.2) is 72.8 Å². The monoisotopic (exact) mass is 319 g/mol. The van der Waals surface area contributed by atoms with Crippen molar-refractivity contribution in [1.82, 2.24) is 0 Å². The molecule has 3 aromatic rings. The number of hydrogen-bond acceptors (Lipinski definition) is 3. The molecule has 4 nitrogen and oxygen atoms in total. The van der Waals surface area contributed by atoms with Gasteiger partial charge in [-0.1, -0.05) is 54.6 Å². The third-order valence-corrected chi connectivity index (χ3v) is 4.07. The Morgan fingerprint density at radius 2 is 1.46 bits per heavy atom. The number of nitro benzene ring substituents is 1. The van der Waals surface area contributed by atoms with Gasteiger partial charge in [-0.3, -0.25) is 10.1 Å². The topological polar surface area (TPSA) is 63.4 Å². The minimum Gasteiger partial charge on any atom is -0.384 e. The highest BCUT2D eigenvalue weighted by molar-refractivity contribution is 5.63. The maximum atomic E-state index is 10.9. The quantitative estimate of drug-likeness (QED) is 0.562. The molecule has 3 aromatic carbocycles. The van der Waals surface area contributed by atoms with Crippen LogP contribution in [0.25, 0.3) is 11.1 Å². The SMILES string of the molecule is Cc1cc([C@H](O)c2ccc(-c3ccccc3)cc2)ccc1[N+](=O)[O-]. The van der Waals surface area contributed by atoms with Crippen molar-refractivity contribution >= 4 is 5.69 Å². The fraction of sp³-hybridized carbons (Fsp3) is 0.100. The minimum atomic E-state index is -0.811. The summed E-state index contributed by atoms with van der Waals surface area (Å²) in [6.07, 6.45) is -0.811. The van der Waals surface area contributed by atoms with E-state index in [4.69, 9.17) is 0 Å². The number of benzene rings is 3. The molecule has 3 rings (SSSR count). The maximum Gasteiger partial charge on any atom is 0.272 e. The lowest BCUT2D eigenvalue weighted by Gasteiger charge is -2.13. The van der Waals surface area contributed by atoms with Crippen molar-refractivity contribution in [3.63, 3.8) is 0 Å². The molecule has 0 spiro atoms. The van der Waals surface area contributed by atoms with Gasteiger partial charge in [-0.25, -0.2) is 0 Å². The van der Waals surface area contributed by atoms with Gasteiger partial charge in [0.25, 0.3) is 5.69 Å². The van der Waals surface area contributed by atoms with Gasteiger partial charge in [-0.15, -0.1) is 0 Å². The molecule has 0 aromatic heterocycles. The summed E-state index contributed by atoms with van der Waals surface area (Å²) in [6.45, 7) is 1.67. The molecule has 24 heavy (non-hydrogen) atoms. The molecule has 0 aliphatic carbocycles. The van der Waals surface area contributed by atoms with E-state index in [1.807, 2.05) is 54.6 Å². The number of nitro groups is 1. The van der Waals surface area contributed by atoms with Gasteiger partial charge in [-0.05, 0) is 41.3 Å². The van der Waals surface area contributed by atoms with Gasteiger partial charge in [0.2, 0.25) is 0 Å². The van der Waals surface area contributed by atoms with E-state index in [0.29, 0.717) is 11.1 Å². The van der Waals surface area contributed by atoms with Crippen LogP contribution in [0.1, 0.15) is 22.8 Å². The zero-order valence-corrected chi connectivity index (χ0v) is 13.2. The standard InChI is InChI=1S/C20H17NO3/c1-14-13-18(11-12-19(14)21(23)24)20(22)17-9-7-16(8-10-17)15-5-3-2-4-6-15/h2-13,20,22H,1H3/t20-/m1/s1. The third-order valence-electron chi connectivity index (χ3n) is 4.07. The summed E-state index contributed by atoms with van der Waals surface area (Å²) in [5.41, 5.74) is 4.19. The molecule has 0 saturated carbocycles. The first-order chi connectivity index (χ1) is 11.6. The Bertz CT molecular complexity index is 858. The van der Waals surface area contributed by atoms with Crippen molar-refractivity contribution in [2.75, 3.05) is 0 Å². The largest absolute Gasteiger partial charge is 0.384 e. The highest BCUT2D eigenvalue weighted by Gasteiger charge is 2.15. The van der Waals surface area contributed by atoms with E-state index in [1.165, 1.54) is 6.07 Å². The average Bonchev–Trinajstić information content (AvgIpc) is 2.61. The summed E-state index contributed by atoms with van der Waals surface area (Å²) < 4.78 is 0. The summed E-state index contributed by atoms with van der Waals surface area (Å²) in [4.78, 5) is 10.5. The Balaban J connectivity index is 1.86. The zero-order valence-electron chi connectivity index (χ0n) is 13.2. The van der Waals surface area contributed by atoms with Crippen LogP contribution in [-0.4, -0.2) is 10.0 Å². The van der Waals surface area contributed by atoms with Gasteiger partial charge in [-0.2, -0.15) is 0 Å². The second-order valence-corrected chi connectivity index (χ2v) is 5.69. The van der Waals surface area contributed by atoms with E-state index in [-0.39, 0.29) is 5.69 Å². The van der Waals surface area contributed by atoms with E-state index in [1.54, 1.807) is 19.1 Å². The fourth-order valence-electron chi connectivity index (χ4n) is 2.73. The number of aryl methyl sites for hydroxylation is 1. The summed E-state index contributed by atoms with van der Waals surface area (Å²) in [7, 11) is 0. The summed E-state index contributed by atoms with van der Waals surface area (Å²) in [6, 6.07) is 22.4. The Morgan fingerprint density at radius 3 is 2.04 bits per heavy atom. The maximum absolute atomic E-state index is 10.9. The minimum absolute atomic E-state index is 0.0605. The molecule has 0 unspecified atom stereocenters. The normalized spacial score (nSPS) is 11.9. The summed E-state index contributed by atoms with van der Waals surface area (Å²) in [5.74, 6) is 0. The lowest BCUT2D eigenvalue weighted by molar-refractivity contribution is -0.385. The van der Waals surface area contributed by atoms with E-state index in [9.17, 15) is 15.2 Å². The van der Waals surface area contributed by atoms with Crippen LogP contribution in [0.4, 0.5) is 5.69 Å². The Hall–Kier alpha value is -2.98. The molecule has 0 radical (unpaired) electrons. The number of hydrogen-bond donors (Lipinski definition) is 1. The van der Waals surface area contributed by atoms with Crippen LogP contribution in [0.2, 0.25) is 0 Å². The lowest BCUT2D eigenvalue weighted by Crippen LogP contribution is -2.01. The van der Waals surface area contributed by atoms with Crippen LogP contribution in [0.3, 0.4) is 0 Å². The Morgan fingerprint density at radius 1 is 0.875 bits per heavy atom. The molecule has 120 valence electrons. The fourth-order valence-corrected chi connectivity index (χ4v) is 2.73. The van der Waals surface area contributed by atoms with Crippen LogP contribution in [0, 0.1) is 17.0 Å². The van der Waals surface area contributed by atoms with Crippen molar-refractivity contribution in [2.45, 2.75) is 13.0 Å². The number of rotatable bonds is 4. The van der Waals surface area contributed by atoms with Crippen LogP contribution in [-0.2, 0) is 0 Å². The molecule has 0 heterocycles. The third kappa shape index (κ3) is 3.19. The molecular formula is C20H17NO3. The molecule has 0 aliphatic heterocycles. The second-order valence-electron chi connectivity index (χ2n) is 5.69. The Labute approximate surface area is 140 Å². The van der Waals surface area contributed by atoms with Crippen LogP contribution < -0.4 is 0 Å². The number of nitrogens with zero attached hydrogens (tertiary/aromatic N) is 1. The van der Waals surface area contributed by atoms with E-state index >= 15 is 0 Å². The molecule has 0 fully saturated rings. The van der Waals surface area contributed by atoms with Crippen molar-refractivity contribution < 1.29 is 10.0 Å². The molecule has 0 bridgehead atoms. The predicted molar refractivity (Wildman–Crippen MR) is 93.8 cm³/mol. The predicted octanol–water partition coefficient (Wildman–Crippen LogP) is 4.65. The highest BCUT2D eigenvalue weighted by atomic mass is 16.6. The van der Waals surface area contributed by atoms with Crippen molar-refractivity contribution in [1.29, 1.82) is 0 Å². The smallest absolute Gasteiger partial charge is 0.272 e. The van der Waals surface area contributed by atoms with Gasteiger partial charge >= 0.3 is 0 Å². The average molecular weight is 319 g/mol. The van der Waals surface area contributed by atoms with Crippen LogP contribution >= 0.6 is 0 Å². The molecule has 4 heteroatoms. The molecule has 0 amide bonds. The van der Waals surface area contributed by atoms with Crippen molar-refractivity contribution in [3.05, 3.63) is 99.6 Å². The summed E-state index contributed by atoms with van der Waals surface area (Å²) >= 11 is 0. The van der Waals surface area contributed by atoms with Gasteiger partial charge in [0.05, 0.1) is 4.92 Å². The molecule has 1 atom stereocenters. The first kappa shape index (κ1) is 15.9. The van der Waals surface area contributed by atoms with Crippen LogP contribution in [0.5, 0.6) is 0 Å². The van der Waals surface area contributed by atoms with Crippen molar-refractivity contribution in [3.8, 4) is 11.1 Å². The van der Waals surface area contributed by atoms with Crippen molar-refractivity contribution in [2.24, 2.45) is 0 Å². The summed E-state index contributed by atoms with van der Waals surface area (Å²) in [5, 5.41) is 21.4. The highest BCUT2D eigenvalue weighted by Crippen LogP contribution is 2.28. The van der Waals surface area contributed by atoms with Gasteiger partial charge in [0, 0.05) is 11.6 Å². The van der Waals surface area contributed by atoms with Gasteiger partial charge in [0.1, 0.15) is 6.10 Å². The molecule has 1 N–H and O–H groups in total. The molecular weight excluding hydrogens is 302 g/mol. The zero-order chi connectivity index (χ0) is 17.1. The number of aliphatic hydroxyl groups excluding tert-OH is 1. The van der Waals surface area contributed by atoms with E-state index < -0.39 is 11.0 Å². The second kappa shape index (κ2) is 6.64. The first-order valence-electron chi connectivity index (χ1n) is 7.64. The Kier molecular flexibility index (Phi) is 4.40. The lowest BCUT2D eigenvalue weighted by atomic mass is 9.97. The first-order valence-corrected chi connectivity index (χ1v) is 7.64.